The first-order valence-electron chi connectivity index (χ1n) is 8.27. The molecule has 0 aliphatic carbocycles. The molecule has 2 aromatic heterocycles. The van der Waals surface area contributed by atoms with E-state index in [9.17, 15) is 8.42 Å². The number of benzene rings is 2. The number of fused-ring (bicyclic) bond motifs is 3. The van der Waals surface area contributed by atoms with E-state index < -0.39 is 10.0 Å². The van der Waals surface area contributed by atoms with E-state index in [-0.39, 0.29) is 5.82 Å². The number of ether oxygens (including phenoxy) is 1. The molecular formula is C19H18N4O3S. The van der Waals surface area contributed by atoms with Gasteiger partial charge in [0.2, 0.25) is 10.0 Å². The van der Waals surface area contributed by atoms with Gasteiger partial charge >= 0.3 is 0 Å². The van der Waals surface area contributed by atoms with E-state index >= 15 is 0 Å². The summed E-state index contributed by atoms with van der Waals surface area (Å²) in [6, 6.07) is 15.2. The molecule has 0 radical (unpaired) electrons. The number of aromatic nitrogens is 3. The number of nitrogens with one attached hydrogen (secondary N) is 1. The van der Waals surface area contributed by atoms with Crippen molar-refractivity contribution in [2.45, 2.75) is 6.92 Å². The second kappa shape index (κ2) is 6.24. The molecule has 2 aromatic carbocycles. The molecule has 1 N–H and O–H groups in total. The Morgan fingerprint density at radius 3 is 2.48 bits per heavy atom. The number of hydrogen-bond donors (Lipinski definition) is 1. The van der Waals surface area contributed by atoms with Crippen LogP contribution in [0, 0.1) is 6.92 Å². The van der Waals surface area contributed by atoms with E-state index in [2.05, 4.69) is 9.71 Å². The average Bonchev–Trinajstić information content (AvgIpc) is 2.99. The Morgan fingerprint density at radius 2 is 1.81 bits per heavy atom. The van der Waals surface area contributed by atoms with Crippen LogP contribution in [0.15, 0.2) is 48.5 Å². The van der Waals surface area contributed by atoms with Gasteiger partial charge in [-0.25, -0.2) is 18.4 Å². The zero-order chi connectivity index (χ0) is 19.2. The molecule has 4 aromatic rings. The highest BCUT2D eigenvalue weighted by molar-refractivity contribution is 7.92. The lowest BCUT2D eigenvalue weighted by Crippen LogP contribution is -2.12. The minimum atomic E-state index is -3.50. The van der Waals surface area contributed by atoms with E-state index in [1.54, 1.807) is 19.2 Å². The normalized spacial score (nSPS) is 11.8. The summed E-state index contributed by atoms with van der Waals surface area (Å²) in [5.41, 5.74) is 3.62. The Kier molecular flexibility index (Phi) is 4.00. The zero-order valence-electron chi connectivity index (χ0n) is 15.1. The van der Waals surface area contributed by atoms with Gasteiger partial charge in [0.1, 0.15) is 17.1 Å². The number of hydrogen-bond acceptors (Lipinski definition) is 5. The maximum atomic E-state index is 11.9. The maximum Gasteiger partial charge on any atom is 0.231 e. The summed E-state index contributed by atoms with van der Waals surface area (Å²) in [6.45, 7) is 1.84. The van der Waals surface area contributed by atoms with Gasteiger partial charge in [0.15, 0.2) is 5.82 Å². The van der Waals surface area contributed by atoms with Crippen molar-refractivity contribution in [1.82, 2.24) is 14.4 Å². The van der Waals surface area contributed by atoms with Gasteiger partial charge in [-0.3, -0.25) is 9.12 Å². The summed E-state index contributed by atoms with van der Waals surface area (Å²) < 4.78 is 33.5. The molecular weight excluding hydrogens is 364 g/mol. The first kappa shape index (κ1) is 17.3. The summed E-state index contributed by atoms with van der Waals surface area (Å²) in [5, 5.41) is 0. The molecule has 4 rings (SSSR count). The third-order valence-electron chi connectivity index (χ3n) is 4.25. The van der Waals surface area contributed by atoms with Crippen molar-refractivity contribution in [3.05, 3.63) is 54.2 Å². The summed E-state index contributed by atoms with van der Waals surface area (Å²) in [6.07, 6.45) is 1.10. The molecule has 0 fully saturated rings. The molecule has 27 heavy (non-hydrogen) atoms. The molecule has 0 bridgehead atoms. The van der Waals surface area contributed by atoms with Gasteiger partial charge in [-0.15, -0.1) is 0 Å². The largest absolute Gasteiger partial charge is 0.497 e. The van der Waals surface area contributed by atoms with Crippen LogP contribution in [-0.2, 0) is 10.0 Å². The van der Waals surface area contributed by atoms with Gasteiger partial charge in [-0.2, -0.15) is 0 Å². The zero-order valence-corrected chi connectivity index (χ0v) is 15.9. The van der Waals surface area contributed by atoms with Gasteiger partial charge in [-0.05, 0) is 19.1 Å². The number of rotatable bonds is 4. The van der Waals surface area contributed by atoms with Crippen LogP contribution in [0.1, 0.15) is 5.69 Å². The number of methoxy groups -OCH3 is 1. The predicted molar refractivity (Wildman–Crippen MR) is 106 cm³/mol. The summed E-state index contributed by atoms with van der Waals surface area (Å²) in [7, 11) is -1.90. The molecule has 0 aliphatic heterocycles. The Balaban J connectivity index is 2.17. The molecule has 138 valence electrons. The smallest absolute Gasteiger partial charge is 0.231 e. The molecule has 0 amide bonds. The SMILES string of the molecule is COc1ccc2nc(NS(C)(=O)=O)c3c(C)nc(-c4ccccc4)n3c2c1. The Morgan fingerprint density at radius 1 is 1.07 bits per heavy atom. The van der Waals surface area contributed by atoms with Crippen molar-refractivity contribution in [1.29, 1.82) is 0 Å². The number of aryl methyl sites for hydroxylation is 1. The average molecular weight is 382 g/mol. The number of nitrogens with zero attached hydrogens (tertiary/aromatic N) is 3. The van der Waals surface area contributed by atoms with Gasteiger partial charge in [0, 0.05) is 11.6 Å². The van der Waals surface area contributed by atoms with Gasteiger partial charge in [0.05, 0.1) is 30.1 Å². The predicted octanol–water partition coefficient (Wildman–Crippen LogP) is 3.24. The van der Waals surface area contributed by atoms with E-state index in [1.807, 2.05) is 47.7 Å². The fraction of sp³-hybridized carbons (Fsp3) is 0.158. The highest BCUT2D eigenvalue weighted by Gasteiger charge is 2.20. The fourth-order valence-electron chi connectivity index (χ4n) is 3.15. The molecule has 2 heterocycles. The lowest BCUT2D eigenvalue weighted by Gasteiger charge is -2.12. The molecule has 8 heteroatoms. The lowest BCUT2D eigenvalue weighted by atomic mass is 10.2. The van der Waals surface area contributed by atoms with E-state index in [0.29, 0.717) is 28.3 Å². The molecule has 0 spiro atoms. The second-order valence-corrected chi connectivity index (χ2v) is 8.01. The van der Waals surface area contributed by atoms with Gasteiger partial charge in [-0.1, -0.05) is 30.3 Å². The number of anilines is 1. The Labute approximate surface area is 156 Å². The third kappa shape index (κ3) is 3.08. The highest BCUT2D eigenvalue weighted by atomic mass is 32.2. The Bertz CT molecular complexity index is 1260. The van der Waals surface area contributed by atoms with Crippen molar-refractivity contribution in [3.8, 4) is 17.1 Å². The quantitative estimate of drug-likeness (QED) is 0.586. The number of imidazole rings is 1. The Hall–Kier alpha value is -3.13. The third-order valence-corrected chi connectivity index (χ3v) is 4.81. The standard InChI is InChI=1S/C19H18N4O3S/c1-12-17-18(22-27(3,24)25)21-15-10-9-14(26-2)11-16(15)23(17)19(20-12)13-7-5-4-6-8-13/h4-11H,1-3H3,(H,21,22). The monoisotopic (exact) mass is 382 g/mol. The van der Waals surface area contributed by atoms with Crippen LogP contribution in [0.3, 0.4) is 0 Å². The molecule has 0 unspecified atom stereocenters. The van der Waals surface area contributed by atoms with Crippen LogP contribution in [0.5, 0.6) is 5.75 Å². The fourth-order valence-corrected chi connectivity index (χ4v) is 3.64. The van der Waals surface area contributed by atoms with Gasteiger partial charge in [0.25, 0.3) is 0 Å². The van der Waals surface area contributed by atoms with Gasteiger partial charge < -0.3 is 4.74 Å². The van der Waals surface area contributed by atoms with E-state index in [0.717, 1.165) is 17.3 Å². The maximum absolute atomic E-state index is 11.9. The van der Waals surface area contributed by atoms with Crippen molar-refractivity contribution in [2.24, 2.45) is 0 Å². The molecule has 0 atom stereocenters. The van der Waals surface area contributed by atoms with Crippen LogP contribution in [0.4, 0.5) is 5.82 Å². The first-order chi connectivity index (χ1) is 12.9. The minimum Gasteiger partial charge on any atom is -0.497 e. The highest BCUT2D eigenvalue weighted by Crippen LogP contribution is 2.32. The van der Waals surface area contributed by atoms with Crippen LogP contribution >= 0.6 is 0 Å². The summed E-state index contributed by atoms with van der Waals surface area (Å²) in [4.78, 5) is 9.23. The molecule has 0 saturated heterocycles. The first-order valence-corrected chi connectivity index (χ1v) is 10.2. The van der Waals surface area contributed by atoms with Crippen molar-refractivity contribution >= 4 is 32.4 Å². The molecule has 7 nitrogen and oxygen atoms in total. The number of sulfonamides is 1. The van der Waals surface area contributed by atoms with E-state index in [4.69, 9.17) is 9.72 Å². The topological polar surface area (TPSA) is 85.6 Å². The van der Waals surface area contributed by atoms with Crippen LogP contribution in [0.25, 0.3) is 27.9 Å². The van der Waals surface area contributed by atoms with Crippen LogP contribution < -0.4 is 9.46 Å². The summed E-state index contributed by atoms with van der Waals surface area (Å²) >= 11 is 0. The lowest BCUT2D eigenvalue weighted by molar-refractivity contribution is 0.415. The van der Waals surface area contributed by atoms with Crippen LogP contribution in [0.2, 0.25) is 0 Å². The molecule has 0 aliphatic rings. The van der Waals surface area contributed by atoms with Crippen LogP contribution in [-0.4, -0.2) is 36.2 Å². The van der Waals surface area contributed by atoms with Crippen molar-refractivity contribution in [3.63, 3.8) is 0 Å². The van der Waals surface area contributed by atoms with E-state index in [1.165, 1.54) is 0 Å². The van der Waals surface area contributed by atoms with Crippen molar-refractivity contribution < 1.29 is 13.2 Å². The summed E-state index contributed by atoms with van der Waals surface area (Å²) in [5.74, 6) is 1.64. The molecule has 0 saturated carbocycles. The van der Waals surface area contributed by atoms with Crippen molar-refractivity contribution in [2.75, 3.05) is 18.1 Å². The minimum absolute atomic E-state index is 0.252. The second-order valence-electron chi connectivity index (χ2n) is 6.26.